The second-order valence-corrected chi connectivity index (χ2v) is 3.89. The Labute approximate surface area is 100 Å². The molecule has 2 nitrogen and oxygen atoms in total. The van der Waals surface area contributed by atoms with Crippen molar-refractivity contribution in [3.8, 4) is 11.8 Å². The maximum Gasteiger partial charge on any atom is 0.144 e. The highest BCUT2D eigenvalue weighted by Crippen LogP contribution is 2.17. The molecule has 0 bridgehead atoms. The fourth-order valence-corrected chi connectivity index (χ4v) is 1.55. The first-order valence-corrected chi connectivity index (χ1v) is 5.77. The van der Waals surface area contributed by atoms with Gasteiger partial charge in [0, 0.05) is 12.0 Å². The molecule has 0 spiro atoms. The van der Waals surface area contributed by atoms with Crippen molar-refractivity contribution in [1.82, 2.24) is 0 Å². The van der Waals surface area contributed by atoms with Gasteiger partial charge < -0.3 is 4.74 Å². The van der Waals surface area contributed by atoms with E-state index in [4.69, 9.17) is 10.00 Å². The van der Waals surface area contributed by atoms with Crippen LogP contribution in [0, 0.1) is 23.1 Å². The minimum atomic E-state index is -0.543. The molecule has 1 atom stereocenters. The summed E-state index contributed by atoms with van der Waals surface area (Å²) in [7, 11) is 0. The van der Waals surface area contributed by atoms with Crippen LogP contribution in [0.4, 0.5) is 4.39 Å². The molecule has 0 saturated heterocycles. The van der Waals surface area contributed by atoms with Crippen molar-refractivity contribution in [2.75, 3.05) is 12.4 Å². The molecule has 0 aliphatic rings. The van der Waals surface area contributed by atoms with E-state index >= 15 is 0 Å². The minimum absolute atomic E-state index is 0.0357. The van der Waals surface area contributed by atoms with Gasteiger partial charge in [-0.3, -0.25) is 0 Å². The van der Waals surface area contributed by atoms with E-state index in [1.165, 1.54) is 12.1 Å². The molecular weight excluding hydrogens is 225 g/mol. The van der Waals surface area contributed by atoms with Crippen LogP contribution in [-0.2, 0) is 0 Å². The van der Waals surface area contributed by atoms with Crippen LogP contribution in [0.2, 0.25) is 0 Å². The molecule has 1 aromatic carbocycles. The lowest BCUT2D eigenvalue weighted by Gasteiger charge is -2.13. The molecular formula is C12H14FNOS. The Morgan fingerprint density at radius 3 is 2.81 bits per heavy atom. The zero-order chi connectivity index (χ0) is 12.0. The van der Waals surface area contributed by atoms with Crippen molar-refractivity contribution in [2.24, 2.45) is 5.92 Å². The average molecular weight is 239 g/mol. The molecule has 0 fully saturated rings. The molecule has 0 heterocycles. The largest absolute Gasteiger partial charge is 0.493 e. The van der Waals surface area contributed by atoms with Crippen molar-refractivity contribution in [2.45, 2.75) is 13.3 Å². The molecule has 0 radical (unpaired) electrons. The van der Waals surface area contributed by atoms with E-state index < -0.39 is 5.82 Å². The van der Waals surface area contributed by atoms with Gasteiger partial charge in [0.25, 0.3) is 0 Å². The van der Waals surface area contributed by atoms with Crippen LogP contribution in [0.3, 0.4) is 0 Å². The summed E-state index contributed by atoms with van der Waals surface area (Å²) in [5.41, 5.74) is 0.0357. The number of ether oxygens (including phenoxy) is 1. The Kier molecular flexibility index (Phi) is 5.13. The topological polar surface area (TPSA) is 33.0 Å². The molecule has 0 amide bonds. The van der Waals surface area contributed by atoms with E-state index in [9.17, 15) is 4.39 Å². The van der Waals surface area contributed by atoms with Crippen LogP contribution < -0.4 is 4.74 Å². The minimum Gasteiger partial charge on any atom is -0.493 e. The first-order chi connectivity index (χ1) is 7.71. The predicted molar refractivity (Wildman–Crippen MR) is 64.2 cm³/mol. The Morgan fingerprint density at radius 2 is 2.31 bits per heavy atom. The summed E-state index contributed by atoms with van der Waals surface area (Å²) < 4.78 is 18.7. The van der Waals surface area contributed by atoms with Crippen molar-refractivity contribution in [3.05, 3.63) is 29.6 Å². The maximum atomic E-state index is 13.2. The molecule has 0 saturated carbocycles. The lowest BCUT2D eigenvalue weighted by atomic mass is 10.1. The highest BCUT2D eigenvalue weighted by molar-refractivity contribution is 7.80. The fourth-order valence-electron chi connectivity index (χ4n) is 1.19. The number of hydrogen-bond acceptors (Lipinski definition) is 3. The normalized spacial score (nSPS) is 11.9. The second kappa shape index (κ2) is 6.39. The van der Waals surface area contributed by atoms with Crippen LogP contribution in [0.1, 0.15) is 18.9 Å². The first-order valence-electron chi connectivity index (χ1n) is 5.14. The quantitative estimate of drug-likeness (QED) is 0.801. The van der Waals surface area contributed by atoms with Gasteiger partial charge in [-0.05, 0) is 24.3 Å². The van der Waals surface area contributed by atoms with Gasteiger partial charge in [-0.2, -0.15) is 17.9 Å². The molecule has 16 heavy (non-hydrogen) atoms. The molecule has 0 aromatic heterocycles. The van der Waals surface area contributed by atoms with E-state index in [-0.39, 0.29) is 5.56 Å². The van der Waals surface area contributed by atoms with Crippen LogP contribution in [0.15, 0.2) is 18.2 Å². The van der Waals surface area contributed by atoms with Gasteiger partial charge in [-0.15, -0.1) is 0 Å². The number of thiol groups is 1. The monoisotopic (exact) mass is 239 g/mol. The van der Waals surface area contributed by atoms with Crippen molar-refractivity contribution in [1.29, 1.82) is 5.26 Å². The van der Waals surface area contributed by atoms with E-state index in [0.29, 0.717) is 18.3 Å². The lowest BCUT2D eigenvalue weighted by Crippen LogP contribution is -2.12. The van der Waals surface area contributed by atoms with Crippen LogP contribution >= 0.6 is 12.6 Å². The van der Waals surface area contributed by atoms with E-state index in [2.05, 4.69) is 19.6 Å². The lowest BCUT2D eigenvalue weighted by molar-refractivity contribution is 0.258. The molecule has 0 N–H and O–H groups in total. The Hall–Kier alpha value is -1.21. The SMILES string of the molecule is CCC(CS)COc1ccc(C#N)c(F)c1. The third-order valence-electron chi connectivity index (χ3n) is 2.38. The standard InChI is InChI=1S/C12H14FNOS/c1-2-9(8-16)7-15-11-4-3-10(6-14)12(13)5-11/h3-5,9,16H,2,7-8H2,1H3. The molecule has 86 valence electrons. The Morgan fingerprint density at radius 1 is 1.56 bits per heavy atom. The summed E-state index contributed by atoms with van der Waals surface area (Å²) in [5, 5.41) is 8.56. The summed E-state index contributed by atoms with van der Waals surface area (Å²) in [4.78, 5) is 0. The van der Waals surface area contributed by atoms with Gasteiger partial charge in [-0.25, -0.2) is 4.39 Å². The number of rotatable bonds is 5. The zero-order valence-electron chi connectivity index (χ0n) is 9.11. The third-order valence-corrected chi connectivity index (χ3v) is 2.90. The third kappa shape index (κ3) is 3.42. The second-order valence-electron chi connectivity index (χ2n) is 3.52. The summed E-state index contributed by atoms with van der Waals surface area (Å²) >= 11 is 4.20. The number of benzene rings is 1. The van der Waals surface area contributed by atoms with Gasteiger partial charge in [-0.1, -0.05) is 6.92 Å². The highest BCUT2D eigenvalue weighted by Gasteiger charge is 2.07. The van der Waals surface area contributed by atoms with Gasteiger partial charge in [0.15, 0.2) is 0 Å². The predicted octanol–water partition coefficient (Wildman–Crippen LogP) is 3.03. The molecule has 1 unspecified atom stereocenters. The van der Waals surface area contributed by atoms with E-state index in [0.717, 1.165) is 12.2 Å². The summed E-state index contributed by atoms with van der Waals surface area (Å²) in [5.74, 6) is 1.02. The molecule has 1 rings (SSSR count). The van der Waals surface area contributed by atoms with Crippen LogP contribution in [0.5, 0.6) is 5.75 Å². The van der Waals surface area contributed by atoms with E-state index in [1.54, 1.807) is 12.1 Å². The van der Waals surface area contributed by atoms with Crippen molar-refractivity contribution >= 4 is 12.6 Å². The highest BCUT2D eigenvalue weighted by atomic mass is 32.1. The zero-order valence-corrected chi connectivity index (χ0v) is 10.0. The number of nitrogens with zero attached hydrogens (tertiary/aromatic N) is 1. The van der Waals surface area contributed by atoms with Crippen molar-refractivity contribution < 1.29 is 9.13 Å². The molecule has 0 aliphatic carbocycles. The van der Waals surface area contributed by atoms with Gasteiger partial charge in [0.1, 0.15) is 17.6 Å². The maximum absolute atomic E-state index is 13.2. The molecule has 0 aliphatic heterocycles. The van der Waals surface area contributed by atoms with Crippen molar-refractivity contribution in [3.63, 3.8) is 0 Å². The Balaban J connectivity index is 2.62. The average Bonchev–Trinajstić information content (AvgIpc) is 2.30. The van der Waals surface area contributed by atoms with E-state index in [1.807, 2.05) is 0 Å². The summed E-state index contributed by atoms with van der Waals surface area (Å²) in [6.07, 6.45) is 0.974. The van der Waals surface area contributed by atoms with Crippen LogP contribution in [0.25, 0.3) is 0 Å². The number of halogens is 1. The molecule has 4 heteroatoms. The molecule has 1 aromatic rings. The first kappa shape index (κ1) is 12.9. The summed E-state index contributed by atoms with van der Waals surface area (Å²) in [6.45, 7) is 2.58. The Bertz CT molecular complexity index is 385. The summed E-state index contributed by atoms with van der Waals surface area (Å²) in [6, 6.07) is 6.03. The number of nitriles is 1. The van der Waals surface area contributed by atoms with Gasteiger partial charge >= 0.3 is 0 Å². The van der Waals surface area contributed by atoms with Gasteiger partial charge in [0.05, 0.1) is 12.2 Å². The smallest absolute Gasteiger partial charge is 0.144 e. The van der Waals surface area contributed by atoms with Crippen LogP contribution in [-0.4, -0.2) is 12.4 Å². The number of hydrogen-bond donors (Lipinski definition) is 1. The van der Waals surface area contributed by atoms with Gasteiger partial charge in [0.2, 0.25) is 0 Å². The fraction of sp³-hybridized carbons (Fsp3) is 0.417.